The molecule has 47 heavy (non-hydrogen) atoms. The van der Waals surface area contributed by atoms with Crippen molar-refractivity contribution in [1.29, 1.82) is 0 Å². The van der Waals surface area contributed by atoms with Crippen LogP contribution >= 0.6 is 23.2 Å². The number of aliphatic hydroxyl groups excluding tert-OH is 1. The first kappa shape index (κ1) is 35.2. The number of halogens is 2. The number of carbonyl (C=O) groups excluding carboxylic acids is 2. The summed E-state index contributed by atoms with van der Waals surface area (Å²) in [4.78, 5) is 24.6. The molecule has 1 aliphatic heterocycles. The van der Waals surface area contributed by atoms with Gasteiger partial charge in [-0.3, -0.25) is 5.43 Å². The lowest BCUT2D eigenvalue weighted by molar-refractivity contribution is -0.136. The molecule has 0 fully saturated rings. The second kappa shape index (κ2) is 16.8. The first-order valence-corrected chi connectivity index (χ1v) is 15.5. The van der Waals surface area contributed by atoms with Crippen LogP contribution in [0.1, 0.15) is 43.5 Å². The molecule has 4 N–H and O–H groups in total. The van der Waals surface area contributed by atoms with Crippen molar-refractivity contribution in [2.24, 2.45) is 5.10 Å². The van der Waals surface area contributed by atoms with Crippen molar-refractivity contribution in [2.45, 2.75) is 39.6 Å². The van der Waals surface area contributed by atoms with Gasteiger partial charge in [-0.25, -0.2) is 9.59 Å². The van der Waals surface area contributed by atoms with E-state index in [4.69, 9.17) is 46.9 Å². The van der Waals surface area contributed by atoms with Gasteiger partial charge in [0.05, 0.1) is 43.2 Å². The second-order valence-electron chi connectivity index (χ2n) is 10.1. The van der Waals surface area contributed by atoms with Crippen LogP contribution < -0.4 is 35.0 Å². The molecule has 1 heterocycles. The van der Waals surface area contributed by atoms with Crippen molar-refractivity contribution in [1.82, 2.24) is 16.1 Å². The van der Waals surface area contributed by atoms with E-state index in [-0.39, 0.29) is 18.8 Å². The smallest absolute Gasteiger partial charge is 0.337 e. The SMILES string of the molecule is CCOc1cc([C@H]2NC(=O)NC(C)=C2C(=O)OC)ccc1OC[C@H](O)N/N=C\c1cc(Cl)c(OCc2ccccc2Cl)c(OCC)c1. The molecule has 0 aliphatic carbocycles. The van der Waals surface area contributed by atoms with Crippen LogP contribution in [0.4, 0.5) is 4.79 Å². The average Bonchev–Trinajstić information content (AvgIpc) is 3.04. The summed E-state index contributed by atoms with van der Waals surface area (Å²) in [6.45, 7) is 5.99. The molecule has 0 saturated heterocycles. The molecule has 0 spiro atoms. The third-order valence-corrected chi connectivity index (χ3v) is 7.42. The Kier molecular flexibility index (Phi) is 12.6. The third kappa shape index (κ3) is 9.22. The predicted octanol–water partition coefficient (Wildman–Crippen LogP) is 5.49. The summed E-state index contributed by atoms with van der Waals surface area (Å²) >= 11 is 12.8. The first-order valence-electron chi connectivity index (χ1n) is 14.7. The van der Waals surface area contributed by atoms with E-state index in [1.54, 1.807) is 50.2 Å². The number of hydrogen-bond acceptors (Lipinski definition) is 10. The first-order chi connectivity index (χ1) is 22.6. The van der Waals surface area contributed by atoms with Crippen LogP contribution in [0.25, 0.3) is 0 Å². The summed E-state index contributed by atoms with van der Waals surface area (Å²) in [6.07, 6.45) is 0.276. The van der Waals surface area contributed by atoms with Gasteiger partial charge in [0, 0.05) is 16.3 Å². The van der Waals surface area contributed by atoms with E-state index in [1.807, 2.05) is 25.1 Å². The highest BCUT2D eigenvalue weighted by Crippen LogP contribution is 2.38. The van der Waals surface area contributed by atoms with Crippen molar-refractivity contribution in [3.63, 3.8) is 0 Å². The molecular formula is C33H36Cl2N4O8. The van der Waals surface area contributed by atoms with Gasteiger partial charge in [-0.2, -0.15) is 5.10 Å². The van der Waals surface area contributed by atoms with Crippen molar-refractivity contribution in [2.75, 3.05) is 26.9 Å². The van der Waals surface area contributed by atoms with Gasteiger partial charge in [-0.1, -0.05) is 47.5 Å². The molecule has 2 amide bonds. The van der Waals surface area contributed by atoms with E-state index >= 15 is 0 Å². The number of nitrogens with zero attached hydrogens (tertiary/aromatic N) is 1. The Morgan fingerprint density at radius 1 is 1.00 bits per heavy atom. The lowest BCUT2D eigenvalue weighted by Gasteiger charge is -2.28. The van der Waals surface area contributed by atoms with Gasteiger partial charge >= 0.3 is 12.0 Å². The number of allylic oxidation sites excluding steroid dienone is 1. The van der Waals surface area contributed by atoms with Gasteiger partial charge in [-0.15, -0.1) is 0 Å². The average molecular weight is 688 g/mol. The molecular weight excluding hydrogens is 651 g/mol. The van der Waals surface area contributed by atoms with Crippen LogP contribution in [0.15, 0.2) is 71.0 Å². The molecule has 12 nitrogen and oxygen atoms in total. The van der Waals surface area contributed by atoms with Gasteiger partial charge < -0.3 is 39.4 Å². The molecule has 0 radical (unpaired) electrons. The number of urea groups is 1. The van der Waals surface area contributed by atoms with Gasteiger partial charge in [0.15, 0.2) is 29.2 Å². The largest absolute Gasteiger partial charge is 0.490 e. The lowest BCUT2D eigenvalue weighted by Crippen LogP contribution is -2.45. The van der Waals surface area contributed by atoms with Crippen LogP contribution in [-0.4, -0.2) is 56.5 Å². The maximum atomic E-state index is 12.5. The fraction of sp³-hybridized carbons (Fsp3) is 0.303. The minimum absolute atomic E-state index is 0.187. The quantitative estimate of drug-likeness (QED) is 0.0705. The number of carbonyl (C=O) groups is 2. The highest BCUT2D eigenvalue weighted by atomic mass is 35.5. The molecule has 250 valence electrons. The summed E-state index contributed by atoms with van der Waals surface area (Å²) in [7, 11) is 1.27. The highest BCUT2D eigenvalue weighted by molar-refractivity contribution is 6.32. The normalized spacial score (nSPS) is 15.0. The number of aliphatic hydroxyl groups is 1. The number of hydrogen-bond donors (Lipinski definition) is 4. The van der Waals surface area contributed by atoms with Crippen molar-refractivity contribution >= 4 is 41.4 Å². The fourth-order valence-electron chi connectivity index (χ4n) is 4.65. The van der Waals surface area contributed by atoms with Crippen LogP contribution in [0.2, 0.25) is 10.0 Å². The standard InChI is InChI=1S/C33H36Cl2N4O8/c1-5-44-26-15-21(30-29(32(41)43-4)19(3)37-33(42)38-30)11-12-25(26)46-18-28(40)39-36-16-20-13-24(35)31(27(14-20)45-6-2)47-17-22-9-7-8-10-23(22)34/h7-16,28,30,39-40H,5-6,17-18H2,1-4H3,(H2,37,38,42)/b36-16-/t28-,30+/m0/s1. The third-order valence-electron chi connectivity index (χ3n) is 6.77. The molecule has 2 atom stereocenters. The Hall–Kier alpha value is -4.65. The zero-order valence-corrected chi connectivity index (χ0v) is 27.8. The minimum Gasteiger partial charge on any atom is -0.490 e. The maximum Gasteiger partial charge on any atom is 0.337 e. The summed E-state index contributed by atoms with van der Waals surface area (Å²) in [5, 5.41) is 20.8. The summed E-state index contributed by atoms with van der Waals surface area (Å²) in [6, 6.07) is 14.5. The van der Waals surface area contributed by atoms with Gasteiger partial charge in [0.2, 0.25) is 0 Å². The number of rotatable bonds is 15. The van der Waals surface area contributed by atoms with Crippen LogP contribution in [0.5, 0.6) is 23.0 Å². The molecule has 1 aliphatic rings. The van der Waals surface area contributed by atoms with E-state index < -0.39 is 24.3 Å². The molecule has 3 aromatic rings. The molecule has 0 aromatic heterocycles. The number of amides is 2. The zero-order valence-electron chi connectivity index (χ0n) is 26.3. The second-order valence-corrected chi connectivity index (χ2v) is 10.9. The summed E-state index contributed by atoms with van der Waals surface area (Å²) in [5.74, 6) is 0.907. The Morgan fingerprint density at radius 3 is 2.47 bits per heavy atom. The highest BCUT2D eigenvalue weighted by Gasteiger charge is 2.32. The number of benzene rings is 3. The van der Waals surface area contributed by atoms with Gasteiger partial charge in [-0.05, 0) is 62.2 Å². The fourth-order valence-corrected chi connectivity index (χ4v) is 5.11. The van der Waals surface area contributed by atoms with E-state index in [0.29, 0.717) is 63.1 Å². The van der Waals surface area contributed by atoms with Crippen LogP contribution in [-0.2, 0) is 16.1 Å². The molecule has 3 aromatic carbocycles. The topological polar surface area (TPSA) is 149 Å². The Labute approximate surface area is 282 Å². The maximum absolute atomic E-state index is 12.5. The van der Waals surface area contributed by atoms with E-state index in [9.17, 15) is 14.7 Å². The van der Waals surface area contributed by atoms with Crippen molar-refractivity contribution in [3.8, 4) is 23.0 Å². The van der Waals surface area contributed by atoms with Crippen molar-refractivity contribution in [3.05, 3.63) is 92.6 Å². The zero-order chi connectivity index (χ0) is 33.9. The monoisotopic (exact) mass is 686 g/mol. The lowest BCUT2D eigenvalue weighted by atomic mass is 9.95. The minimum atomic E-state index is -1.19. The van der Waals surface area contributed by atoms with Crippen LogP contribution in [0.3, 0.4) is 0 Å². The Morgan fingerprint density at radius 2 is 1.74 bits per heavy atom. The molecule has 14 heteroatoms. The Balaban J connectivity index is 1.40. The van der Waals surface area contributed by atoms with Crippen LogP contribution in [0, 0.1) is 0 Å². The summed E-state index contributed by atoms with van der Waals surface area (Å²) < 4.78 is 28.2. The molecule has 0 bridgehead atoms. The van der Waals surface area contributed by atoms with E-state index in [2.05, 4.69) is 21.2 Å². The van der Waals surface area contributed by atoms with Crippen molar-refractivity contribution < 1.29 is 38.4 Å². The number of methoxy groups -OCH3 is 1. The number of hydrazone groups is 1. The van der Waals surface area contributed by atoms with Gasteiger partial charge in [0.1, 0.15) is 13.2 Å². The predicted molar refractivity (Wildman–Crippen MR) is 177 cm³/mol. The Bertz CT molecular complexity index is 1650. The van der Waals surface area contributed by atoms with Gasteiger partial charge in [0.25, 0.3) is 0 Å². The molecule has 0 saturated carbocycles. The number of nitrogens with one attached hydrogen (secondary N) is 3. The number of esters is 1. The van der Waals surface area contributed by atoms with E-state index in [0.717, 1.165) is 5.56 Å². The van der Waals surface area contributed by atoms with E-state index in [1.165, 1.54) is 13.3 Å². The number of ether oxygens (including phenoxy) is 5. The molecule has 0 unspecified atom stereocenters. The molecule has 4 rings (SSSR count). The summed E-state index contributed by atoms with van der Waals surface area (Å²) in [5.41, 5.74) is 5.22.